The number of nitrogens with zero attached hydrogens (tertiary/aromatic N) is 1. The van der Waals surface area contributed by atoms with E-state index in [1.165, 1.54) is 42.2 Å². The molecule has 0 saturated heterocycles. The number of carbonyl (C=O) groups excluding carboxylic acids is 3. The molecule has 0 atom stereocenters. The van der Waals surface area contributed by atoms with Crippen molar-refractivity contribution < 1.29 is 22.8 Å². The largest absolute Gasteiger partial charge is 0.355 e. The van der Waals surface area contributed by atoms with Gasteiger partial charge in [-0.25, -0.2) is 18.5 Å². The third kappa shape index (κ3) is 9.07. The van der Waals surface area contributed by atoms with Crippen molar-refractivity contribution in [2.45, 2.75) is 29.0 Å². The van der Waals surface area contributed by atoms with E-state index < -0.39 is 10.0 Å². The fourth-order valence-corrected chi connectivity index (χ4v) is 5.22. The number of amides is 3. The first-order valence-electron chi connectivity index (χ1n) is 10.7. The van der Waals surface area contributed by atoms with Crippen LogP contribution in [0.3, 0.4) is 0 Å². The van der Waals surface area contributed by atoms with Gasteiger partial charge in [-0.15, -0.1) is 11.3 Å². The molecule has 0 unspecified atom stereocenters. The Hall–Kier alpha value is -3.26. The van der Waals surface area contributed by atoms with Gasteiger partial charge >= 0.3 is 0 Å². The summed E-state index contributed by atoms with van der Waals surface area (Å²) in [5.41, 5.74) is 2.65. The van der Waals surface area contributed by atoms with Crippen molar-refractivity contribution in [2.75, 3.05) is 22.9 Å². The first-order valence-corrected chi connectivity index (χ1v) is 14.1. The molecule has 13 heteroatoms. The van der Waals surface area contributed by atoms with Crippen molar-refractivity contribution in [1.29, 1.82) is 0 Å². The van der Waals surface area contributed by atoms with E-state index in [0.29, 0.717) is 34.4 Å². The molecule has 3 aromatic rings. The average Bonchev–Trinajstić information content (AvgIpc) is 3.24. The zero-order chi connectivity index (χ0) is 26.1. The van der Waals surface area contributed by atoms with Gasteiger partial charge in [0.2, 0.25) is 27.7 Å². The Morgan fingerprint density at radius 2 is 1.72 bits per heavy atom. The summed E-state index contributed by atoms with van der Waals surface area (Å²) in [6.07, 6.45) is 0.654. The van der Waals surface area contributed by atoms with Gasteiger partial charge in [-0.2, -0.15) is 0 Å². The molecule has 190 valence electrons. The lowest BCUT2D eigenvalue weighted by Gasteiger charge is -2.07. The molecule has 0 aliphatic heterocycles. The molecule has 0 fully saturated rings. The van der Waals surface area contributed by atoms with Crippen molar-refractivity contribution in [2.24, 2.45) is 5.14 Å². The molecule has 0 radical (unpaired) electrons. The van der Waals surface area contributed by atoms with Crippen LogP contribution in [0.2, 0.25) is 0 Å². The highest BCUT2D eigenvalue weighted by atomic mass is 32.2. The number of thioether (sulfide) groups is 1. The number of benzene rings is 2. The van der Waals surface area contributed by atoms with Gasteiger partial charge in [0.1, 0.15) is 0 Å². The lowest BCUT2D eigenvalue weighted by Crippen LogP contribution is -2.27. The quantitative estimate of drug-likeness (QED) is 0.268. The molecule has 0 aliphatic rings. The van der Waals surface area contributed by atoms with Crippen LogP contribution in [0.15, 0.2) is 63.1 Å². The maximum Gasteiger partial charge on any atom is 0.238 e. The summed E-state index contributed by atoms with van der Waals surface area (Å²) in [6, 6.07) is 13.0. The van der Waals surface area contributed by atoms with Crippen LogP contribution in [0.25, 0.3) is 0 Å². The summed E-state index contributed by atoms with van der Waals surface area (Å²) in [5.74, 6) is -0.450. The van der Waals surface area contributed by atoms with E-state index in [2.05, 4.69) is 20.9 Å². The second-order valence-corrected chi connectivity index (χ2v) is 11.3. The number of hydrogen-bond donors (Lipinski definition) is 4. The third-order valence-electron chi connectivity index (χ3n) is 4.65. The highest BCUT2D eigenvalue weighted by Gasteiger charge is 2.11. The van der Waals surface area contributed by atoms with Crippen LogP contribution >= 0.6 is 23.1 Å². The highest BCUT2D eigenvalue weighted by Crippen LogP contribution is 2.23. The smallest absolute Gasteiger partial charge is 0.238 e. The Balaban J connectivity index is 1.39. The van der Waals surface area contributed by atoms with Gasteiger partial charge in [0.25, 0.3) is 0 Å². The number of carbonyl (C=O) groups is 3. The molecular formula is C23H25N5O5S3. The molecule has 3 amide bonds. The molecule has 2 aromatic carbocycles. The zero-order valence-corrected chi connectivity index (χ0v) is 21.8. The Morgan fingerprint density at radius 1 is 1.03 bits per heavy atom. The summed E-state index contributed by atoms with van der Waals surface area (Å²) in [5, 5.41) is 15.1. The molecule has 3 rings (SSSR count). The average molecular weight is 548 g/mol. The van der Waals surface area contributed by atoms with Crippen LogP contribution in [0.1, 0.15) is 18.2 Å². The lowest BCUT2D eigenvalue weighted by atomic mass is 10.1. The van der Waals surface area contributed by atoms with Crippen molar-refractivity contribution in [3.63, 3.8) is 0 Å². The van der Waals surface area contributed by atoms with Crippen molar-refractivity contribution in [1.82, 2.24) is 10.3 Å². The molecule has 0 spiro atoms. The van der Waals surface area contributed by atoms with Crippen LogP contribution in [-0.2, 0) is 37.2 Å². The topological polar surface area (TPSA) is 160 Å². The van der Waals surface area contributed by atoms with E-state index in [-0.39, 0.29) is 34.8 Å². The first-order chi connectivity index (χ1) is 17.1. The van der Waals surface area contributed by atoms with E-state index in [1.54, 1.807) is 41.8 Å². The van der Waals surface area contributed by atoms with E-state index >= 15 is 0 Å². The monoisotopic (exact) mass is 547 g/mol. The van der Waals surface area contributed by atoms with E-state index in [9.17, 15) is 22.8 Å². The van der Waals surface area contributed by atoms with E-state index in [1.807, 2.05) is 0 Å². The van der Waals surface area contributed by atoms with Crippen LogP contribution in [0.5, 0.6) is 0 Å². The number of thiazole rings is 1. The molecule has 0 bridgehead atoms. The summed E-state index contributed by atoms with van der Waals surface area (Å²) >= 11 is 2.63. The summed E-state index contributed by atoms with van der Waals surface area (Å²) in [6.45, 7) is 1.80. The molecule has 36 heavy (non-hydrogen) atoms. The Kier molecular flexibility index (Phi) is 9.58. The van der Waals surface area contributed by atoms with Gasteiger partial charge in [-0.3, -0.25) is 14.4 Å². The molecule has 1 aromatic heterocycles. The van der Waals surface area contributed by atoms with Crippen LogP contribution < -0.4 is 21.1 Å². The summed E-state index contributed by atoms with van der Waals surface area (Å²) in [7, 11) is -3.73. The minimum atomic E-state index is -3.73. The van der Waals surface area contributed by atoms with Gasteiger partial charge in [-0.1, -0.05) is 30.0 Å². The normalized spacial score (nSPS) is 11.1. The summed E-state index contributed by atoms with van der Waals surface area (Å²) < 4.78 is 23.3. The molecule has 0 saturated carbocycles. The van der Waals surface area contributed by atoms with Crippen molar-refractivity contribution in [3.8, 4) is 0 Å². The van der Waals surface area contributed by atoms with Gasteiger partial charge in [0, 0.05) is 30.2 Å². The molecule has 10 nitrogen and oxygen atoms in total. The highest BCUT2D eigenvalue weighted by molar-refractivity contribution is 8.01. The Morgan fingerprint density at radius 3 is 2.39 bits per heavy atom. The van der Waals surface area contributed by atoms with Crippen LogP contribution in [0, 0.1) is 0 Å². The molecule has 0 aliphatic carbocycles. The van der Waals surface area contributed by atoms with E-state index in [0.717, 1.165) is 5.56 Å². The predicted molar refractivity (Wildman–Crippen MR) is 140 cm³/mol. The number of aromatic nitrogens is 1. The third-order valence-corrected chi connectivity index (χ3v) is 7.65. The number of sulfonamides is 1. The fourth-order valence-electron chi connectivity index (χ4n) is 3.06. The summed E-state index contributed by atoms with van der Waals surface area (Å²) in [4.78, 5) is 40.1. The molecule has 1 heterocycles. The van der Waals surface area contributed by atoms with Crippen molar-refractivity contribution >= 4 is 62.2 Å². The second kappa shape index (κ2) is 12.6. The van der Waals surface area contributed by atoms with Gasteiger partial charge in [0.15, 0.2) is 4.34 Å². The number of anilines is 2. The second-order valence-electron chi connectivity index (χ2n) is 7.67. The first kappa shape index (κ1) is 27.3. The predicted octanol–water partition coefficient (Wildman–Crippen LogP) is 2.38. The van der Waals surface area contributed by atoms with E-state index in [4.69, 9.17) is 5.14 Å². The number of hydrogen-bond acceptors (Lipinski definition) is 8. The minimum absolute atomic E-state index is 0.0427. The Bertz CT molecular complexity index is 1340. The van der Waals surface area contributed by atoms with Crippen LogP contribution in [-0.4, -0.2) is 43.4 Å². The fraction of sp³-hybridized carbons (Fsp3) is 0.217. The standard InChI is InChI=1S/C23H25N5O5S3/c1-15(29)26-17-3-2-4-18(11-17)27-22(31)14-35-23-28-19(13-34-23)12-21(30)25-10-9-16-5-7-20(8-6-16)36(24,32)33/h2-8,11,13H,9-10,12,14H2,1H3,(H,25,30)(H,26,29)(H,27,31)(H2,24,32,33). The number of primary sulfonamides is 1. The van der Waals surface area contributed by atoms with Gasteiger partial charge < -0.3 is 16.0 Å². The zero-order valence-electron chi connectivity index (χ0n) is 19.3. The molecular weight excluding hydrogens is 522 g/mol. The van der Waals surface area contributed by atoms with Gasteiger partial charge in [0.05, 0.1) is 22.8 Å². The molecule has 5 N–H and O–H groups in total. The number of rotatable bonds is 11. The SMILES string of the molecule is CC(=O)Nc1cccc(NC(=O)CSc2nc(CC(=O)NCCc3ccc(S(N)(=O)=O)cc3)cs2)c1. The minimum Gasteiger partial charge on any atom is -0.355 e. The Labute approximate surface area is 217 Å². The maximum atomic E-state index is 12.3. The number of nitrogens with one attached hydrogen (secondary N) is 3. The van der Waals surface area contributed by atoms with Crippen LogP contribution in [0.4, 0.5) is 11.4 Å². The maximum absolute atomic E-state index is 12.3. The van der Waals surface area contributed by atoms with Crippen molar-refractivity contribution in [3.05, 3.63) is 65.2 Å². The number of nitrogens with two attached hydrogens (primary N) is 1. The van der Waals surface area contributed by atoms with Gasteiger partial charge in [-0.05, 0) is 42.3 Å². The lowest BCUT2D eigenvalue weighted by molar-refractivity contribution is -0.120.